The van der Waals surface area contributed by atoms with Crippen molar-refractivity contribution in [3.63, 3.8) is 0 Å². The summed E-state index contributed by atoms with van der Waals surface area (Å²) in [5, 5.41) is 22.6. The maximum atomic E-state index is 11.6. The minimum atomic E-state index is -1.17. The molecule has 0 radical (unpaired) electrons. The average Bonchev–Trinajstić information content (AvgIpc) is 2.44. The highest BCUT2D eigenvalue weighted by Crippen LogP contribution is 1.97. The molecular weight excluding hydrogens is 260 g/mol. The monoisotopic (exact) mass is 274 g/mol. The maximum absolute atomic E-state index is 11.6. The largest absolute Gasteiger partial charge is 0.480 e. The van der Waals surface area contributed by atoms with Gasteiger partial charge in [-0.05, 0) is 24.6 Å². The fourth-order valence-electron chi connectivity index (χ4n) is 1.26. The first-order valence-corrected chi connectivity index (χ1v) is 5.81. The number of aliphatic carboxylic acids is 1. The van der Waals surface area contributed by atoms with Gasteiger partial charge in [0.25, 0.3) is 5.91 Å². The van der Waals surface area contributed by atoms with E-state index >= 15 is 0 Å². The predicted octanol–water partition coefficient (Wildman–Crippen LogP) is 0.168. The number of carbonyl (C=O) groups is 2. The van der Waals surface area contributed by atoms with E-state index < -0.39 is 17.9 Å². The van der Waals surface area contributed by atoms with Crippen molar-refractivity contribution in [2.75, 3.05) is 0 Å². The quantitative estimate of drug-likeness (QED) is 0.503. The summed E-state index contributed by atoms with van der Waals surface area (Å²) in [6, 6.07) is 4.24. The number of hydrogen-bond acceptors (Lipinski definition) is 5. The molecule has 1 aromatic heterocycles. The second kappa shape index (κ2) is 7.53. The third kappa shape index (κ3) is 4.78. The van der Waals surface area contributed by atoms with Gasteiger partial charge in [0.15, 0.2) is 0 Å². The Bertz CT molecular complexity index is 548. The van der Waals surface area contributed by atoms with Crippen LogP contribution >= 0.6 is 0 Å². The van der Waals surface area contributed by atoms with Crippen LogP contribution in [0.15, 0.2) is 36.3 Å². The number of rotatable bonds is 6. The molecule has 0 bridgehead atoms. The molecule has 104 valence electrons. The highest BCUT2D eigenvalue weighted by atomic mass is 16.4. The van der Waals surface area contributed by atoms with Crippen molar-refractivity contribution < 1.29 is 14.7 Å². The van der Waals surface area contributed by atoms with Crippen LogP contribution in [0.25, 0.3) is 0 Å². The number of amides is 1. The molecule has 0 aromatic carbocycles. The first-order chi connectivity index (χ1) is 9.54. The molecule has 0 aliphatic rings. The van der Waals surface area contributed by atoms with Crippen molar-refractivity contribution >= 4 is 11.9 Å². The van der Waals surface area contributed by atoms with Crippen LogP contribution in [0.5, 0.6) is 0 Å². The van der Waals surface area contributed by atoms with E-state index in [1.54, 1.807) is 30.6 Å². The highest BCUT2D eigenvalue weighted by Gasteiger charge is 2.16. The Hall–Kier alpha value is -2.88. The molecular formula is C13H14N4O3. The molecule has 1 rings (SSSR count). The van der Waals surface area contributed by atoms with Gasteiger partial charge in [-0.15, -0.1) is 0 Å². The van der Waals surface area contributed by atoms with Crippen molar-refractivity contribution in [1.29, 1.82) is 5.26 Å². The summed E-state index contributed by atoms with van der Waals surface area (Å²) >= 11 is 0. The van der Waals surface area contributed by atoms with Gasteiger partial charge in [0, 0.05) is 25.1 Å². The van der Waals surface area contributed by atoms with Gasteiger partial charge >= 0.3 is 5.97 Å². The Balaban J connectivity index is 2.57. The van der Waals surface area contributed by atoms with Gasteiger partial charge in [0.1, 0.15) is 17.7 Å². The van der Waals surface area contributed by atoms with Crippen molar-refractivity contribution in [2.45, 2.75) is 19.5 Å². The van der Waals surface area contributed by atoms with Crippen LogP contribution in [0.2, 0.25) is 0 Å². The maximum Gasteiger partial charge on any atom is 0.325 e. The predicted molar refractivity (Wildman–Crippen MR) is 70.0 cm³/mol. The van der Waals surface area contributed by atoms with Crippen LogP contribution in [-0.2, 0) is 16.1 Å². The number of nitrogens with zero attached hydrogens (tertiary/aromatic N) is 2. The second-order valence-electron chi connectivity index (χ2n) is 3.94. The number of carbonyl (C=O) groups excluding carboxylic acids is 1. The average molecular weight is 274 g/mol. The topological polar surface area (TPSA) is 115 Å². The summed E-state index contributed by atoms with van der Waals surface area (Å²) in [5.41, 5.74) is 0.750. The zero-order valence-corrected chi connectivity index (χ0v) is 10.8. The van der Waals surface area contributed by atoms with E-state index in [9.17, 15) is 9.59 Å². The van der Waals surface area contributed by atoms with Gasteiger partial charge < -0.3 is 15.7 Å². The van der Waals surface area contributed by atoms with E-state index in [-0.39, 0.29) is 5.57 Å². The summed E-state index contributed by atoms with van der Waals surface area (Å²) < 4.78 is 0. The molecule has 3 N–H and O–H groups in total. The lowest BCUT2D eigenvalue weighted by atomic mass is 10.2. The first kappa shape index (κ1) is 15.2. The number of aromatic nitrogens is 1. The Morgan fingerprint density at radius 1 is 1.50 bits per heavy atom. The third-order valence-electron chi connectivity index (χ3n) is 2.39. The van der Waals surface area contributed by atoms with Crippen LogP contribution in [0, 0.1) is 11.3 Å². The highest BCUT2D eigenvalue weighted by molar-refractivity contribution is 5.99. The zero-order chi connectivity index (χ0) is 15.0. The summed E-state index contributed by atoms with van der Waals surface area (Å²) in [4.78, 5) is 26.1. The van der Waals surface area contributed by atoms with E-state index in [1.165, 1.54) is 13.1 Å². The molecule has 7 heteroatoms. The van der Waals surface area contributed by atoms with Crippen molar-refractivity contribution in [3.05, 3.63) is 41.9 Å². The van der Waals surface area contributed by atoms with Crippen LogP contribution in [-0.4, -0.2) is 28.0 Å². The normalized spacial score (nSPS) is 12.1. The number of nitrogens with one attached hydrogen (secondary N) is 2. The van der Waals surface area contributed by atoms with E-state index in [1.807, 2.05) is 0 Å². The standard InChI is InChI=1S/C13H14N4O3/c1-9(13(19)20)17-12(18)11(6-14)8-16-7-10-2-4-15-5-3-10/h2-5,8-9,16H,7H2,1H3,(H,17,18)(H,19,20)/b11-8-. The Labute approximate surface area is 115 Å². The van der Waals surface area contributed by atoms with Gasteiger partial charge in [-0.2, -0.15) is 5.26 Å². The SMILES string of the molecule is CC(NC(=O)/C(C#N)=C\NCc1ccncc1)C(=O)O. The summed E-state index contributed by atoms with van der Waals surface area (Å²) in [5.74, 6) is -1.90. The lowest BCUT2D eigenvalue weighted by Gasteiger charge is -2.08. The number of hydrogen-bond donors (Lipinski definition) is 3. The Morgan fingerprint density at radius 3 is 2.70 bits per heavy atom. The van der Waals surface area contributed by atoms with Crippen LogP contribution < -0.4 is 10.6 Å². The van der Waals surface area contributed by atoms with E-state index in [2.05, 4.69) is 15.6 Å². The molecule has 0 saturated heterocycles. The van der Waals surface area contributed by atoms with E-state index in [0.717, 1.165) is 5.56 Å². The van der Waals surface area contributed by atoms with Crippen LogP contribution in [0.1, 0.15) is 12.5 Å². The lowest BCUT2D eigenvalue weighted by molar-refractivity contribution is -0.140. The number of nitriles is 1. The molecule has 1 unspecified atom stereocenters. The summed E-state index contributed by atoms with van der Waals surface area (Å²) in [6.07, 6.45) is 4.52. The van der Waals surface area contributed by atoms with Gasteiger partial charge in [-0.1, -0.05) is 0 Å². The molecule has 1 amide bonds. The molecule has 0 aliphatic carbocycles. The van der Waals surface area contributed by atoms with Crippen molar-refractivity contribution in [2.24, 2.45) is 0 Å². The molecule has 1 aromatic rings. The first-order valence-electron chi connectivity index (χ1n) is 5.81. The Morgan fingerprint density at radius 2 is 2.15 bits per heavy atom. The smallest absolute Gasteiger partial charge is 0.325 e. The van der Waals surface area contributed by atoms with Gasteiger partial charge in [0.2, 0.25) is 0 Å². The van der Waals surface area contributed by atoms with Crippen molar-refractivity contribution in [3.8, 4) is 6.07 Å². The van der Waals surface area contributed by atoms with Gasteiger partial charge in [0.05, 0.1) is 0 Å². The van der Waals surface area contributed by atoms with Crippen LogP contribution in [0.4, 0.5) is 0 Å². The molecule has 20 heavy (non-hydrogen) atoms. The van der Waals surface area contributed by atoms with Gasteiger partial charge in [-0.3, -0.25) is 14.6 Å². The van der Waals surface area contributed by atoms with Gasteiger partial charge in [-0.25, -0.2) is 0 Å². The molecule has 0 spiro atoms. The number of pyridine rings is 1. The fourth-order valence-corrected chi connectivity index (χ4v) is 1.26. The number of carboxylic acids is 1. The zero-order valence-electron chi connectivity index (χ0n) is 10.8. The minimum absolute atomic E-state index is 0.188. The van der Waals surface area contributed by atoms with E-state index in [0.29, 0.717) is 6.54 Å². The van der Waals surface area contributed by atoms with Crippen molar-refractivity contribution in [1.82, 2.24) is 15.6 Å². The molecule has 0 saturated carbocycles. The van der Waals surface area contributed by atoms with E-state index in [4.69, 9.17) is 10.4 Å². The lowest BCUT2D eigenvalue weighted by Crippen LogP contribution is -2.39. The summed E-state index contributed by atoms with van der Waals surface area (Å²) in [6.45, 7) is 1.75. The number of carboxylic acid groups (broad SMARTS) is 1. The fraction of sp³-hybridized carbons (Fsp3) is 0.231. The minimum Gasteiger partial charge on any atom is -0.480 e. The molecule has 1 atom stereocenters. The Kier molecular flexibility index (Phi) is 5.72. The molecule has 0 aliphatic heterocycles. The van der Waals surface area contributed by atoms with Crippen LogP contribution in [0.3, 0.4) is 0 Å². The molecule has 0 fully saturated rings. The molecule has 7 nitrogen and oxygen atoms in total. The second-order valence-corrected chi connectivity index (χ2v) is 3.94. The third-order valence-corrected chi connectivity index (χ3v) is 2.39. The summed E-state index contributed by atoms with van der Waals surface area (Å²) in [7, 11) is 0. The molecule has 1 heterocycles.